The zero-order chi connectivity index (χ0) is 11.4. The van der Waals surface area contributed by atoms with Gasteiger partial charge in [0.15, 0.2) is 5.78 Å². The molecule has 0 aliphatic carbocycles. The summed E-state index contributed by atoms with van der Waals surface area (Å²) in [5, 5.41) is 17.3. The summed E-state index contributed by atoms with van der Waals surface area (Å²) in [7, 11) is 0. The van der Waals surface area contributed by atoms with Crippen molar-refractivity contribution in [2.75, 3.05) is 0 Å². The number of rotatable bonds is 3. The number of aryl methyl sites for hydroxylation is 1. The van der Waals surface area contributed by atoms with Crippen LogP contribution < -0.4 is 0 Å². The largest absolute Gasteiger partial charge is 0.502 e. The number of allylic oxidation sites excluding steroid dienone is 1. The van der Waals surface area contributed by atoms with E-state index < -0.39 is 17.5 Å². The van der Waals surface area contributed by atoms with E-state index >= 15 is 0 Å². The maximum atomic E-state index is 11.5. The monoisotopic (exact) mass is 206 g/mol. The number of carboxylic acid groups (broad SMARTS) is 1. The van der Waals surface area contributed by atoms with Crippen molar-refractivity contribution >= 4 is 11.8 Å². The zero-order valence-corrected chi connectivity index (χ0v) is 8.10. The lowest BCUT2D eigenvalue weighted by atomic mass is 10.0. The van der Waals surface area contributed by atoms with Gasteiger partial charge in [0.1, 0.15) is 0 Å². The SMILES string of the molecule is Cc1ccccc1C(=O)/C=C(\O)C(=O)O. The van der Waals surface area contributed by atoms with Crippen LogP contribution in [0.15, 0.2) is 36.1 Å². The van der Waals surface area contributed by atoms with E-state index in [0.29, 0.717) is 11.6 Å². The van der Waals surface area contributed by atoms with Gasteiger partial charge in [-0.25, -0.2) is 4.79 Å². The zero-order valence-electron chi connectivity index (χ0n) is 8.10. The van der Waals surface area contributed by atoms with E-state index in [1.165, 1.54) is 0 Å². The lowest BCUT2D eigenvalue weighted by Gasteiger charge is -2.00. The van der Waals surface area contributed by atoms with Crippen LogP contribution in [0.5, 0.6) is 0 Å². The fourth-order valence-corrected chi connectivity index (χ4v) is 1.11. The molecular formula is C11H10O4. The molecule has 0 fully saturated rings. The molecular weight excluding hydrogens is 196 g/mol. The van der Waals surface area contributed by atoms with Crippen LogP contribution in [-0.2, 0) is 4.79 Å². The number of hydrogen-bond acceptors (Lipinski definition) is 3. The summed E-state index contributed by atoms with van der Waals surface area (Å²) >= 11 is 0. The van der Waals surface area contributed by atoms with Crippen LogP contribution in [0.25, 0.3) is 0 Å². The van der Waals surface area contributed by atoms with Crippen molar-refractivity contribution in [2.24, 2.45) is 0 Å². The Morgan fingerprint density at radius 2 is 1.80 bits per heavy atom. The first kappa shape index (κ1) is 11.0. The lowest BCUT2D eigenvalue weighted by Crippen LogP contribution is -2.04. The third-order valence-corrected chi connectivity index (χ3v) is 1.90. The Bertz CT molecular complexity index is 432. The summed E-state index contributed by atoms with van der Waals surface area (Å²) in [6.07, 6.45) is 0.699. The molecule has 0 amide bonds. The number of aliphatic hydroxyl groups is 1. The molecule has 0 aromatic heterocycles. The first-order valence-corrected chi connectivity index (χ1v) is 4.26. The number of benzene rings is 1. The third kappa shape index (κ3) is 2.67. The Kier molecular flexibility index (Phi) is 3.23. The topological polar surface area (TPSA) is 74.6 Å². The van der Waals surface area contributed by atoms with Gasteiger partial charge in [-0.3, -0.25) is 4.79 Å². The van der Waals surface area contributed by atoms with Crippen molar-refractivity contribution in [3.05, 3.63) is 47.2 Å². The van der Waals surface area contributed by atoms with E-state index in [-0.39, 0.29) is 0 Å². The summed E-state index contributed by atoms with van der Waals surface area (Å²) in [6, 6.07) is 6.75. The van der Waals surface area contributed by atoms with Crippen molar-refractivity contribution in [1.29, 1.82) is 0 Å². The average molecular weight is 206 g/mol. The quantitative estimate of drug-likeness (QED) is 0.448. The van der Waals surface area contributed by atoms with Crippen molar-refractivity contribution in [3.63, 3.8) is 0 Å². The summed E-state index contributed by atoms with van der Waals surface area (Å²) < 4.78 is 0. The first-order valence-electron chi connectivity index (χ1n) is 4.26. The molecule has 78 valence electrons. The van der Waals surface area contributed by atoms with Crippen LogP contribution >= 0.6 is 0 Å². The molecule has 4 heteroatoms. The smallest absolute Gasteiger partial charge is 0.371 e. The minimum atomic E-state index is -1.52. The standard InChI is InChI=1S/C11H10O4/c1-7-4-2-3-5-8(7)9(12)6-10(13)11(14)15/h2-6,13H,1H3,(H,14,15)/b10-6-. The number of ketones is 1. The fourth-order valence-electron chi connectivity index (χ4n) is 1.11. The third-order valence-electron chi connectivity index (χ3n) is 1.90. The maximum Gasteiger partial charge on any atom is 0.371 e. The van der Waals surface area contributed by atoms with Crippen molar-refractivity contribution < 1.29 is 19.8 Å². The molecule has 2 N–H and O–H groups in total. The normalized spacial score (nSPS) is 11.1. The van der Waals surface area contributed by atoms with Gasteiger partial charge in [0.25, 0.3) is 0 Å². The summed E-state index contributed by atoms with van der Waals surface area (Å²) in [5.74, 6) is -2.99. The number of carbonyl (C=O) groups is 2. The highest BCUT2D eigenvalue weighted by atomic mass is 16.4. The molecule has 0 aliphatic heterocycles. The molecule has 0 saturated carbocycles. The van der Waals surface area contributed by atoms with Crippen molar-refractivity contribution in [3.8, 4) is 0 Å². The van der Waals surface area contributed by atoms with E-state index in [4.69, 9.17) is 10.2 Å². The Labute approximate surface area is 86.5 Å². The molecule has 1 aromatic carbocycles. The highest BCUT2D eigenvalue weighted by Gasteiger charge is 2.10. The van der Waals surface area contributed by atoms with Gasteiger partial charge in [0.05, 0.1) is 0 Å². The minimum Gasteiger partial charge on any atom is -0.502 e. The van der Waals surface area contributed by atoms with Crippen molar-refractivity contribution in [2.45, 2.75) is 6.92 Å². The molecule has 4 nitrogen and oxygen atoms in total. The van der Waals surface area contributed by atoms with E-state index in [9.17, 15) is 9.59 Å². The van der Waals surface area contributed by atoms with Crippen LogP contribution in [0.2, 0.25) is 0 Å². The van der Waals surface area contributed by atoms with Crippen LogP contribution in [0.1, 0.15) is 15.9 Å². The maximum absolute atomic E-state index is 11.5. The molecule has 0 spiro atoms. The van der Waals surface area contributed by atoms with Gasteiger partial charge in [0.2, 0.25) is 5.76 Å². The lowest BCUT2D eigenvalue weighted by molar-refractivity contribution is -0.135. The predicted molar refractivity (Wildman–Crippen MR) is 53.9 cm³/mol. The molecule has 0 unspecified atom stereocenters. The van der Waals surface area contributed by atoms with Crippen LogP contribution in [0.3, 0.4) is 0 Å². The Hall–Kier alpha value is -2.10. The number of aliphatic hydroxyl groups excluding tert-OH is 1. The van der Waals surface area contributed by atoms with E-state index in [2.05, 4.69) is 0 Å². The van der Waals surface area contributed by atoms with Crippen molar-refractivity contribution in [1.82, 2.24) is 0 Å². The number of carboxylic acids is 1. The molecule has 0 radical (unpaired) electrons. The highest BCUT2D eigenvalue weighted by Crippen LogP contribution is 2.09. The van der Waals surface area contributed by atoms with Crippen LogP contribution in [-0.4, -0.2) is 22.0 Å². The first-order chi connectivity index (χ1) is 7.02. The van der Waals surface area contributed by atoms with Crippen LogP contribution in [0, 0.1) is 6.92 Å². The van der Waals surface area contributed by atoms with Gasteiger partial charge >= 0.3 is 5.97 Å². The molecule has 1 aromatic rings. The highest BCUT2D eigenvalue weighted by molar-refractivity contribution is 6.08. The Balaban J connectivity index is 3.02. The van der Waals surface area contributed by atoms with E-state index in [1.54, 1.807) is 31.2 Å². The summed E-state index contributed by atoms with van der Waals surface area (Å²) in [4.78, 5) is 21.8. The summed E-state index contributed by atoms with van der Waals surface area (Å²) in [5.41, 5.74) is 1.11. The second-order valence-electron chi connectivity index (χ2n) is 3.01. The molecule has 0 atom stereocenters. The Morgan fingerprint density at radius 1 is 1.20 bits per heavy atom. The van der Waals surface area contributed by atoms with Gasteiger partial charge < -0.3 is 10.2 Å². The van der Waals surface area contributed by atoms with Gasteiger partial charge in [-0.1, -0.05) is 24.3 Å². The minimum absolute atomic E-state index is 0.380. The molecule has 0 heterocycles. The van der Waals surface area contributed by atoms with Crippen LogP contribution in [0.4, 0.5) is 0 Å². The molecule has 0 saturated heterocycles. The molecule has 1 rings (SSSR count). The molecule has 0 aliphatic rings. The number of hydrogen-bond donors (Lipinski definition) is 2. The summed E-state index contributed by atoms with van der Waals surface area (Å²) in [6.45, 7) is 1.74. The van der Waals surface area contributed by atoms with Gasteiger partial charge in [-0.05, 0) is 12.5 Å². The second kappa shape index (κ2) is 4.41. The number of aliphatic carboxylic acids is 1. The van der Waals surface area contributed by atoms with Gasteiger partial charge in [-0.2, -0.15) is 0 Å². The Morgan fingerprint density at radius 3 is 2.33 bits per heavy atom. The van der Waals surface area contributed by atoms with E-state index in [0.717, 1.165) is 5.56 Å². The van der Waals surface area contributed by atoms with E-state index in [1.807, 2.05) is 0 Å². The number of carbonyl (C=O) groups excluding carboxylic acids is 1. The van der Waals surface area contributed by atoms with Gasteiger partial charge in [-0.15, -0.1) is 0 Å². The molecule has 0 bridgehead atoms. The fraction of sp³-hybridized carbons (Fsp3) is 0.0909. The second-order valence-corrected chi connectivity index (χ2v) is 3.01. The molecule has 15 heavy (non-hydrogen) atoms. The average Bonchev–Trinajstić information content (AvgIpc) is 2.18. The predicted octanol–water partition coefficient (Wildman–Crippen LogP) is 1.70. The van der Waals surface area contributed by atoms with Gasteiger partial charge in [0, 0.05) is 11.6 Å².